The average molecular weight is 240 g/mol. The highest BCUT2D eigenvalue weighted by molar-refractivity contribution is 6.14. The maximum absolute atomic E-state index is 4.60. The topological polar surface area (TPSA) is 40.0 Å². The SMILES string of the molecule is CCNc1ccc(C2=NN3CCN=C3C=C2)cc1. The number of fused-ring (bicyclic) bond motifs is 1. The molecule has 1 N–H and O–H groups in total. The number of allylic oxidation sites excluding steroid dienone is 1. The summed E-state index contributed by atoms with van der Waals surface area (Å²) in [6.45, 7) is 4.76. The molecule has 0 radical (unpaired) electrons. The van der Waals surface area contributed by atoms with Crippen LogP contribution in [-0.2, 0) is 0 Å². The Bertz CT molecular complexity index is 525. The molecule has 2 heterocycles. The third-order valence-corrected chi connectivity index (χ3v) is 3.03. The van der Waals surface area contributed by atoms with E-state index in [-0.39, 0.29) is 0 Å². The van der Waals surface area contributed by atoms with E-state index in [1.54, 1.807) is 0 Å². The minimum Gasteiger partial charge on any atom is -0.385 e. The number of aliphatic imine (C=N–C) groups is 1. The number of hydrogen-bond donors (Lipinski definition) is 1. The minimum absolute atomic E-state index is 0.843. The minimum atomic E-state index is 0.843. The summed E-state index contributed by atoms with van der Waals surface area (Å²) in [5.41, 5.74) is 3.28. The second-order valence-corrected chi connectivity index (χ2v) is 4.29. The van der Waals surface area contributed by atoms with Crippen molar-refractivity contribution < 1.29 is 0 Å². The molecule has 4 heteroatoms. The second kappa shape index (κ2) is 4.64. The molecule has 0 aliphatic carbocycles. The fourth-order valence-electron chi connectivity index (χ4n) is 2.13. The van der Waals surface area contributed by atoms with Crippen LogP contribution in [0.3, 0.4) is 0 Å². The van der Waals surface area contributed by atoms with Crippen LogP contribution >= 0.6 is 0 Å². The van der Waals surface area contributed by atoms with Gasteiger partial charge in [0.1, 0.15) is 5.84 Å². The molecule has 1 aromatic carbocycles. The second-order valence-electron chi connectivity index (χ2n) is 4.29. The van der Waals surface area contributed by atoms with E-state index in [1.807, 2.05) is 17.2 Å². The first-order valence-corrected chi connectivity index (χ1v) is 6.30. The molecule has 0 saturated carbocycles. The molecule has 18 heavy (non-hydrogen) atoms. The van der Waals surface area contributed by atoms with Gasteiger partial charge in [0.25, 0.3) is 0 Å². The molecule has 1 aromatic rings. The highest BCUT2D eigenvalue weighted by atomic mass is 15.5. The molecule has 2 aliphatic rings. The van der Waals surface area contributed by atoms with Crippen molar-refractivity contribution in [1.29, 1.82) is 0 Å². The summed E-state index contributed by atoms with van der Waals surface area (Å²) in [6.07, 6.45) is 4.07. The maximum Gasteiger partial charge on any atom is 0.144 e. The number of hydrogen-bond acceptors (Lipinski definition) is 4. The number of hydrazone groups is 1. The van der Waals surface area contributed by atoms with Gasteiger partial charge < -0.3 is 5.32 Å². The molecule has 0 fully saturated rings. The van der Waals surface area contributed by atoms with E-state index in [9.17, 15) is 0 Å². The van der Waals surface area contributed by atoms with Crippen molar-refractivity contribution in [2.45, 2.75) is 6.92 Å². The molecule has 0 saturated heterocycles. The van der Waals surface area contributed by atoms with E-state index in [2.05, 4.69) is 46.6 Å². The highest BCUT2D eigenvalue weighted by Gasteiger charge is 2.18. The lowest BCUT2D eigenvalue weighted by Crippen LogP contribution is -2.25. The van der Waals surface area contributed by atoms with E-state index >= 15 is 0 Å². The first-order valence-electron chi connectivity index (χ1n) is 6.30. The molecule has 0 bridgehead atoms. The van der Waals surface area contributed by atoms with Gasteiger partial charge in [-0.15, -0.1) is 0 Å². The molecule has 0 aromatic heterocycles. The molecule has 2 aliphatic heterocycles. The summed E-state index contributed by atoms with van der Waals surface area (Å²) < 4.78 is 0. The lowest BCUT2D eigenvalue weighted by molar-refractivity contribution is 0.490. The van der Waals surface area contributed by atoms with Gasteiger partial charge in [-0.1, -0.05) is 12.1 Å². The summed E-state index contributed by atoms with van der Waals surface area (Å²) in [6, 6.07) is 8.37. The Morgan fingerprint density at radius 2 is 2.06 bits per heavy atom. The molecule has 0 atom stereocenters. The van der Waals surface area contributed by atoms with Gasteiger partial charge in [0.05, 0.1) is 18.8 Å². The van der Waals surface area contributed by atoms with E-state index in [4.69, 9.17) is 0 Å². The normalized spacial score (nSPS) is 17.3. The Balaban J connectivity index is 1.83. The zero-order chi connectivity index (χ0) is 12.4. The van der Waals surface area contributed by atoms with Crippen LogP contribution in [0.15, 0.2) is 46.5 Å². The maximum atomic E-state index is 4.60. The van der Waals surface area contributed by atoms with Gasteiger partial charge in [-0.2, -0.15) is 5.10 Å². The summed E-state index contributed by atoms with van der Waals surface area (Å²) >= 11 is 0. The zero-order valence-electron chi connectivity index (χ0n) is 10.4. The van der Waals surface area contributed by atoms with Gasteiger partial charge in [0.2, 0.25) is 0 Å². The van der Waals surface area contributed by atoms with Crippen molar-refractivity contribution in [3.05, 3.63) is 42.0 Å². The van der Waals surface area contributed by atoms with E-state index < -0.39 is 0 Å². The molecule has 0 spiro atoms. The Morgan fingerprint density at radius 3 is 2.83 bits per heavy atom. The molecular formula is C14H16N4. The third-order valence-electron chi connectivity index (χ3n) is 3.03. The summed E-state index contributed by atoms with van der Waals surface area (Å²) in [5, 5.41) is 9.85. The standard InChI is InChI=1S/C14H16N4/c1-2-15-12-5-3-11(4-6-12)13-7-8-14-16-9-10-18(14)17-13/h3-8,15H,2,9-10H2,1H3. The van der Waals surface area contributed by atoms with Gasteiger partial charge in [-0.3, -0.25) is 4.99 Å². The highest BCUT2D eigenvalue weighted by Crippen LogP contribution is 2.15. The Kier molecular flexibility index (Phi) is 2.84. The lowest BCUT2D eigenvalue weighted by atomic mass is 10.1. The van der Waals surface area contributed by atoms with Crippen LogP contribution in [0, 0.1) is 0 Å². The van der Waals surface area contributed by atoms with Crippen molar-refractivity contribution >= 4 is 17.2 Å². The van der Waals surface area contributed by atoms with Gasteiger partial charge >= 0.3 is 0 Å². The van der Waals surface area contributed by atoms with Gasteiger partial charge in [-0.25, -0.2) is 5.01 Å². The summed E-state index contributed by atoms with van der Waals surface area (Å²) in [4.78, 5) is 4.36. The first kappa shape index (κ1) is 11.0. The van der Waals surface area contributed by atoms with Crippen molar-refractivity contribution in [3.8, 4) is 0 Å². The number of anilines is 1. The summed E-state index contributed by atoms with van der Waals surface area (Å²) in [7, 11) is 0. The van der Waals surface area contributed by atoms with Crippen LogP contribution in [0.25, 0.3) is 0 Å². The van der Waals surface area contributed by atoms with Crippen LogP contribution < -0.4 is 5.32 Å². The fourth-order valence-corrected chi connectivity index (χ4v) is 2.13. The van der Waals surface area contributed by atoms with Crippen LogP contribution in [0.5, 0.6) is 0 Å². The average Bonchev–Trinajstić information content (AvgIpc) is 2.87. The smallest absolute Gasteiger partial charge is 0.144 e. The Morgan fingerprint density at radius 1 is 1.22 bits per heavy atom. The van der Waals surface area contributed by atoms with E-state index in [0.717, 1.165) is 42.4 Å². The predicted molar refractivity (Wildman–Crippen MR) is 75.3 cm³/mol. The fraction of sp³-hybridized carbons (Fsp3) is 0.286. The number of rotatable bonds is 3. The quantitative estimate of drug-likeness (QED) is 0.879. The molecule has 92 valence electrons. The van der Waals surface area contributed by atoms with Crippen molar-refractivity contribution in [2.24, 2.45) is 10.1 Å². The van der Waals surface area contributed by atoms with Gasteiger partial charge in [0.15, 0.2) is 0 Å². The Labute approximate surface area is 107 Å². The third kappa shape index (κ3) is 2.01. The van der Waals surface area contributed by atoms with E-state index in [0.29, 0.717) is 0 Å². The number of nitrogens with one attached hydrogen (secondary N) is 1. The molecule has 3 rings (SSSR count). The van der Waals surface area contributed by atoms with Crippen molar-refractivity contribution in [3.63, 3.8) is 0 Å². The summed E-state index contributed by atoms with van der Waals surface area (Å²) in [5.74, 6) is 0.975. The molecular weight excluding hydrogens is 224 g/mol. The van der Waals surface area contributed by atoms with Crippen LogP contribution in [0.1, 0.15) is 12.5 Å². The zero-order valence-corrected chi connectivity index (χ0v) is 10.4. The lowest BCUT2D eigenvalue weighted by Gasteiger charge is -2.17. The van der Waals surface area contributed by atoms with Crippen LogP contribution in [0.4, 0.5) is 5.69 Å². The monoisotopic (exact) mass is 240 g/mol. The first-order chi connectivity index (χ1) is 8.86. The Hall–Kier alpha value is -2.10. The number of amidine groups is 1. The van der Waals surface area contributed by atoms with Gasteiger partial charge in [0, 0.05) is 17.8 Å². The molecule has 0 unspecified atom stereocenters. The van der Waals surface area contributed by atoms with Crippen LogP contribution in [0.2, 0.25) is 0 Å². The van der Waals surface area contributed by atoms with Crippen molar-refractivity contribution in [2.75, 3.05) is 25.0 Å². The molecule has 4 nitrogen and oxygen atoms in total. The number of nitrogens with zero attached hydrogens (tertiary/aromatic N) is 3. The predicted octanol–water partition coefficient (Wildman–Crippen LogP) is 2.11. The largest absolute Gasteiger partial charge is 0.385 e. The van der Waals surface area contributed by atoms with E-state index in [1.165, 1.54) is 0 Å². The van der Waals surface area contributed by atoms with Gasteiger partial charge in [-0.05, 0) is 31.2 Å². The number of benzene rings is 1. The van der Waals surface area contributed by atoms with Crippen LogP contribution in [-0.4, -0.2) is 36.2 Å². The molecule has 0 amide bonds. The van der Waals surface area contributed by atoms with Crippen molar-refractivity contribution in [1.82, 2.24) is 5.01 Å².